The van der Waals surface area contributed by atoms with E-state index in [1.165, 1.54) is 0 Å². The largest absolute Gasteiger partial charge is 0.390 e. The Morgan fingerprint density at radius 1 is 1.30 bits per heavy atom. The van der Waals surface area contributed by atoms with Crippen molar-refractivity contribution in [3.63, 3.8) is 0 Å². The van der Waals surface area contributed by atoms with Crippen LogP contribution in [0.1, 0.15) is 40.0 Å². The van der Waals surface area contributed by atoms with Crippen molar-refractivity contribution >= 4 is 5.78 Å². The lowest BCUT2D eigenvalue weighted by Gasteiger charge is -2.61. The minimum absolute atomic E-state index is 0.00231. The molecule has 0 heterocycles. The number of allylic oxidation sites excluding steroid dienone is 6. The number of rotatable bonds is 2. The second-order valence-electron chi connectivity index (χ2n) is 9.42. The summed E-state index contributed by atoms with van der Waals surface area (Å²) < 4.78 is 16.8. The van der Waals surface area contributed by atoms with E-state index < -0.39 is 52.4 Å². The highest BCUT2D eigenvalue weighted by Gasteiger charge is 2.75. The van der Waals surface area contributed by atoms with E-state index in [-0.39, 0.29) is 12.3 Å². The van der Waals surface area contributed by atoms with Gasteiger partial charge in [0.2, 0.25) is 0 Å². The van der Waals surface area contributed by atoms with Gasteiger partial charge in [-0.1, -0.05) is 44.2 Å². The molecule has 0 aromatic rings. The van der Waals surface area contributed by atoms with Crippen LogP contribution in [0.15, 0.2) is 36.0 Å². The van der Waals surface area contributed by atoms with Gasteiger partial charge in [0.1, 0.15) is 12.2 Å². The standard InChI is InChI=1S/C22H29FO4/c1-13-10-16-15-8-7-14-6-4-5-9-19(14,2)21(15,23)17(25)11-20(16,3)22(13,27)18(26)12-24/h4-7,9,13,15-17,24-25,27H,8,10-12H2,1-3H3/t13-,15+,16+,17+,19+,20+,21+,22+/m1/s1. The first kappa shape index (κ1) is 19.0. The minimum Gasteiger partial charge on any atom is -0.390 e. The smallest absolute Gasteiger partial charge is 0.190 e. The van der Waals surface area contributed by atoms with Gasteiger partial charge in [0.25, 0.3) is 0 Å². The van der Waals surface area contributed by atoms with Crippen molar-refractivity contribution in [1.29, 1.82) is 0 Å². The molecule has 27 heavy (non-hydrogen) atoms. The SMILES string of the molecule is C[C@@H]1C[C@H]2[C@@H]3CC=C4C=CC=C[C@]4(C)[C@@]3(F)[C@@H](O)C[C@]2(C)[C@@]1(O)C(=O)CO. The summed E-state index contributed by atoms with van der Waals surface area (Å²) in [4.78, 5) is 12.5. The molecule has 148 valence electrons. The van der Waals surface area contributed by atoms with Gasteiger partial charge in [-0.25, -0.2) is 4.39 Å². The summed E-state index contributed by atoms with van der Waals surface area (Å²) in [6, 6.07) is 0. The maximum absolute atomic E-state index is 16.8. The summed E-state index contributed by atoms with van der Waals surface area (Å²) in [6.45, 7) is 4.66. The zero-order chi connectivity index (χ0) is 19.8. The number of fused-ring (bicyclic) bond motifs is 5. The molecule has 0 amide bonds. The summed E-state index contributed by atoms with van der Waals surface area (Å²) in [7, 11) is 0. The Morgan fingerprint density at radius 2 is 2.00 bits per heavy atom. The van der Waals surface area contributed by atoms with Crippen LogP contribution in [0.3, 0.4) is 0 Å². The predicted octanol–water partition coefficient (Wildman–Crippen LogP) is 2.49. The number of carbonyl (C=O) groups is 1. The number of hydrogen-bond donors (Lipinski definition) is 3. The van der Waals surface area contributed by atoms with Crippen LogP contribution >= 0.6 is 0 Å². The second-order valence-corrected chi connectivity index (χ2v) is 9.42. The maximum Gasteiger partial charge on any atom is 0.190 e. The van der Waals surface area contributed by atoms with Gasteiger partial charge in [-0.05, 0) is 43.6 Å². The molecule has 0 spiro atoms. The molecule has 0 aromatic carbocycles. The topological polar surface area (TPSA) is 77.8 Å². The molecule has 0 saturated heterocycles. The number of aliphatic hydroxyl groups is 3. The van der Waals surface area contributed by atoms with Gasteiger partial charge < -0.3 is 15.3 Å². The van der Waals surface area contributed by atoms with Crippen LogP contribution in [0.5, 0.6) is 0 Å². The predicted molar refractivity (Wildman–Crippen MR) is 99.5 cm³/mol. The lowest BCUT2D eigenvalue weighted by molar-refractivity contribution is -0.214. The molecule has 0 unspecified atom stereocenters. The number of alkyl halides is 1. The second kappa shape index (κ2) is 5.62. The lowest BCUT2D eigenvalue weighted by atomic mass is 9.45. The quantitative estimate of drug-likeness (QED) is 0.692. The molecule has 0 aliphatic heterocycles. The zero-order valence-corrected chi connectivity index (χ0v) is 16.2. The molecule has 8 atom stereocenters. The summed E-state index contributed by atoms with van der Waals surface area (Å²) in [5, 5.41) is 32.0. The average molecular weight is 376 g/mol. The van der Waals surface area contributed by atoms with Gasteiger partial charge in [-0.3, -0.25) is 4.79 Å². The third-order valence-electron chi connectivity index (χ3n) is 8.51. The third kappa shape index (κ3) is 1.95. The summed E-state index contributed by atoms with van der Waals surface area (Å²) >= 11 is 0. The molecule has 0 aromatic heterocycles. The first-order valence-corrected chi connectivity index (χ1v) is 9.87. The third-order valence-corrected chi connectivity index (χ3v) is 8.51. The fourth-order valence-electron chi connectivity index (χ4n) is 7.00. The molecule has 4 rings (SSSR count). The highest BCUT2D eigenvalue weighted by molar-refractivity contribution is 5.90. The number of hydrogen-bond acceptors (Lipinski definition) is 4. The first-order chi connectivity index (χ1) is 12.6. The van der Waals surface area contributed by atoms with Crippen molar-refractivity contribution in [3.8, 4) is 0 Å². The van der Waals surface area contributed by atoms with Crippen LogP contribution in [-0.4, -0.2) is 45.1 Å². The fraction of sp³-hybridized carbons (Fsp3) is 0.682. The Balaban J connectivity index is 1.86. The van der Waals surface area contributed by atoms with Gasteiger partial charge in [0.05, 0.1) is 6.10 Å². The number of aliphatic hydroxyl groups excluding tert-OH is 2. The number of halogens is 1. The Hall–Kier alpha value is -1.30. The molecule has 5 heteroatoms. The van der Waals surface area contributed by atoms with Crippen LogP contribution in [0, 0.1) is 28.6 Å². The van der Waals surface area contributed by atoms with Crippen LogP contribution < -0.4 is 0 Å². The Labute approximate surface area is 159 Å². The van der Waals surface area contributed by atoms with E-state index >= 15 is 4.39 Å². The zero-order valence-electron chi connectivity index (χ0n) is 16.2. The van der Waals surface area contributed by atoms with Crippen molar-refractivity contribution in [2.45, 2.75) is 57.4 Å². The molecule has 4 aliphatic carbocycles. The molecule has 2 fully saturated rings. The van der Waals surface area contributed by atoms with Crippen LogP contribution in [0.2, 0.25) is 0 Å². The Bertz CT molecular complexity index is 772. The van der Waals surface area contributed by atoms with E-state index in [0.717, 1.165) is 5.57 Å². The number of Topliss-reactive ketones (excluding diaryl/α,β-unsaturated/α-hetero) is 1. The van der Waals surface area contributed by atoms with E-state index in [4.69, 9.17) is 0 Å². The minimum atomic E-state index is -1.87. The highest BCUT2D eigenvalue weighted by Crippen LogP contribution is 2.69. The molecule has 2 saturated carbocycles. The molecule has 0 bridgehead atoms. The molecular weight excluding hydrogens is 347 g/mol. The molecular formula is C22H29FO4. The maximum atomic E-state index is 16.8. The summed E-state index contributed by atoms with van der Waals surface area (Å²) in [6.07, 6.45) is 9.14. The Morgan fingerprint density at radius 3 is 2.67 bits per heavy atom. The van der Waals surface area contributed by atoms with Gasteiger partial charge in [0.15, 0.2) is 11.5 Å². The molecule has 4 nitrogen and oxygen atoms in total. The van der Waals surface area contributed by atoms with Crippen LogP contribution in [-0.2, 0) is 4.79 Å². The fourth-order valence-corrected chi connectivity index (χ4v) is 7.00. The monoisotopic (exact) mass is 376 g/mol. The lowest BCUT2D eigenvalue weighted by Crippen LogP contribution is -2.68. The van der Waals surface area contributed by atoms with Gasteiger partial charge in [0, 0.05) is 16.7 Å². The van der Waals surface area contributed by atoms with E-state index in [1.54, 1.807) is 13.8 Å². The van der Waals surface area contributed by atoms with Gasteiger partial charge in [-0.2, -0.15) is 0 Å². The van der Waals surface area contributed by atoms with E-state index in [9.17, 15) is 20.1 Å². The molecule has 0 radical (unpaired) electrons. The highest BCUT2D eigenvalue weighted by atomic mass is 19.1. The van der Waals surface area contributed by atoms with Crippen molar-refractivity contribution in [2.24, 2.45) is 28.6 Å². The average Bonchev–Trinajstić information content (AvgIpc) is 2.83. The van der Waals surface area contributed by atoms with Crippen molar-refractivity contribution < 1.29 is 24.5 Å². The van der Waals surface area contributed by atoms with Crippen molar-refractivity contribution in [2.75, 3.05) is 6.61 Å². The normalized spacial score (nSPS) is 53.4. The van der Waals surface area contributed by atoms with Crippen LogP contribution in [0.25, 0.3) is 0 Å². The number of carbonyl (C=O) groups excluding carboxylic acids is 1. The Kier molecular flexibility index (Phi) is 3.96. The van der Waals surface area contributed by atoms with Gasteiger partial charge >= 0.3 is 0 Å². The summed E-state index contributed by atoms with van der Waals surface area (Å²) in [5.41, 5.74) is -4.64. The van der Waals surface area contributed by atoms with E-state index in [0.29, 0.717) is 12.8 Å². The first-order valence-electron chi connectivity index (χ1n) is 9.87. The van der Waals surface area contributed by atoms with E-state index in [1.807, 2.05) is 37.3 Å². The van der Waals surface area contributed by atoms with E-state index in [2.05, 4.69) is 0 Å². The van der Waals surface area contributed by atoms with Crippen molar-refractivity contribution in [3.05, 3.63) is 36.0 Å². The van der Waals surface area contributed by atoms with Crippen LogP contribution in [0.4, 0.5) is 4.39 Å². The molecule has 3 N–H and O–H groups in total. The number of ketones is 1. The van der Waals surface area contributed by atoms with Crippen molar-refractivity contribution in [1.82, 2.24) is 0 Å². The van der Waals surface area contributed by atoms with Gasteiger partial charge in [-0.15, -0.1) is 0 Å². The molecule has 4 aliphatic rings. The summed E-state index contributed by atoms with van der Waals surface area (Å²) in [5.74, 6) is -1.78.